The van der Waals surface area contributed by atoms with Crippen LogP contribution in [0.3, 0.4) is 0 Å². The van der Waals surface area contributed by atoms with Gasteiger partial charge >= 0.3 is 0 Å². The Kier molecular flexibility index (Phi) is 2.49. The molecule has 1 aromatic rings. The normalized spacial score (nSPS) is 22.7. The average molecular weight is 205 g/mol. The van der Waals surface area contributed by atoms with Crippen molar-refractivity contribution < 1.29 is 0 Å². The molecule has 0 unspecified atom stereocenters. The second-order valence-corrected chi connectivity index (χ2v) is 4.73. The molecular weight excluding hydrogens is 186 g/mol. The quantitative estimate of drug-likeness (QED) is 0.756. The van der Waals surface area contributed by atoms with Gasteiger partial charge in [0.15, 0.2) is 0 Å². The number of hydrogen-bond acceptors (Lipinski definition) is 2. The van der Waals surface area contributed by atoms with Gasteiger partial charge in [0.05, 0.1) is 0 Å². The first kappa shape index (κ1) is 9.40. The zero-order chi connectivity index (χ0) is 10.1. The molecule has 1 N–H and O–H groups in total. The third-order valence-corrected chi connectivity index (χ3v) is 3.76. The molecule has 3 heteroatoms. The summed E-state index contributed by atoms with van der Waals surface area (Å²) in [7, 11) is 0. The lowest BCUT2D eigenvalue weighted by Crippen LogP contribution is -2.28. The second kappa shape index (κ2) is 3.97. The van der Waals surface area contributed by atoms with E-state index in [1.165, 1.54) is 63.3 Å². The highest BCUT2D eigenvalue weighted by Crippen LogP contribution is 2.28. The van der Waals surface area contributed by atoms with Crippen molar-refractivity contribution in [1.82, 2.24) is 14.9 Å². The Balaban J connectivity index is 1.87. The van der Waals surface area contributed by atoms with Crippen LogP contribution in [0.5, 0.6) is 0 Å². The SMILES string of the molecule is c1nc2n(c1C1CCNCC1)CCCC2. The van der Waals surface area contributed by atoms with Gasteiger partial charge in [-0.15, -0.1) is 0 Å². The largest absolute Gasteiger partial charge is 0.332 e. The summed E-state index contributed by atoms with van der Waals surface area (Å²) in [5.74, 6) is 2.08. The first-order valence-corrected chi connectivity index (χ1v) is 6.20. The Morgan fingerprint density at radius 3 is 3.00 bits per heavy atom. The van der Waals surface area contributed by atoms with Crippen molar-refractivity contribution in [2.45, 2.75) is 44.6 Å². The van der Waals surface area contributed by atoms with Gasteiger partial charge in [-0.25, -0.2) is 4.98 Å². The summed E-state index contributed by atoms with van der Waals surface area (Å²) in [4.78, 5) is 4.57. The van der Waals surface area contributed by atoms with Crippen LogP contribution in [0.15, 0.2) is 6.20 Å². The van der Waals surface area contributed by atoms with Gasteiger partial charge in [0.2, 0.25) is 0 Å². The molecule has 3 nitrogen and oxygen atoms in total. The molecule has 15 heavy (non-hydrogen) atoms. The molecule has 1 fully saturated rings. The maximum absolute atomic E-state index is 4.57. The molecular formula is C12H19N3. The van der Waals surface area contributed by atoms with E-state index in [1.807, 2.05) is 0 Å². The molecule has 0 saturated carbocycles. The fourth-order valence-electron chi connectivity index (χ4n) is 2.88. The summed E-state index contributed by atoms with van der Waals surface area (Å²) in [6, 6.07) is 0. The highest BCUT2D eigenvalue weighted by Gasteiger charge is 2.22. The number of aryl methyl sites for hydroxylation is 1. The third kappa shape index (κ3) is 1.69. The summed E-state index contributed by atoms with van der Waals surface area (Å²) in [6.45, 7) is 3.55. The molecule has 0 aliphatic carbocycles. The van der Waals surface area contributed by atoms with Crippen molar-refractivity contribution in [3.63, 3.8) is 0 Å². The molecule has 0 atom stereocenters. The Hall–Kier alpha value is -0.830. The minimum Gasteiger partial charge on any atom is -0.332 e. The first-order chi connectivity index (χ1) is 7.45. The van der Waals surface area contributed by atoms with Crippen molar-refractivity contribution in [3.05, 3.63) is 17.7 Å². The predicted octanol–water partition coefficient (Wildman–Crippen LogP) is 1.69. The van der Waals surface area contributed by atoms with Crippen molar-refractivity contribution in [2.24, 2.45) is 0 Å². The van der Waals surface area contributed by atoms with Crippen LogP contribution in [0.25, 0.3) is 0 Å². The maximum atomic E-state index is 4.57. The van der Waals surface area contributed by atoms with E-state index in [2.05, 4.69) is 21.1 Å². The molecule has 1 aromatic heterocycles. The summed E-state index contributed by atoms with van der Waals surface area (Å²) in [5.41, 5.74) is 1.51. The standard InChI is InChI=1S/C12H19N3/c1-2-8-15-11(9-14-12(15)3-1)10-4-6-13-7-5-10/h9-10,13H,1-8H2. The minimum absolute atomic E-state index is 0.755. The molecule has 0 amide bonds. The third-order valence-electron chi connectivity index (χ3n) is 3.76. The van der Waals surface area contributed by atoms with Gasteiger partial charge in [-0.05, 0) is 38.8 Å². The number of rotatable bonds is 1. The molecule has 1 saturated heterocycles. The summed E-state index contributed by atoms with van der Waals surface area (Å²) < 4.78 is 2.49. The van der Waals surface area contributed by atoms with Crippen molar-refractivity contribution in [2.75, 3.05) is 13.1 Å². The van der Waals surface area contributed by atoms with Gasteiger partial charge in [-0.2, -0.15) is 0 Å². The van der Waals surface area contributed by atoms with Crippen LogP contribution in [-0.4, -0.2) is 22.6 Å². The van der Waals surface area contributed by atoms with Crippen LogP contribution in [0, 0.1) is 0 Å². The predicted molar refractivity (Wildman–Crippen MR) is 60.0 cm³/mol. The van der Waals surface area contributed by atoms with Crippen molar-refractivity contribution >= 4 is 0 Å². The summed E-state index contributed by atoms with van der Waals surface area (Å²) in [5, 5.41) is 3.43. The Labute approximate surface area is 90.9 Å². The lowest BCUT2D eigenvalue weighted by Gasteiger charge is -2.25. The van der Waals surface area contributed by atoms with E-state index in [0.717, 1.165) is 5.92 Å². The zero-order valence-corrected chi connectivity index (χ0v) is 9.21. The van der Waals surface area contributed by atoms with Gasteiger partial charge in [0.25, 0.3) is 0 Å². The number of piperidine rings is 1. The van der Waals surface area contributed by atoms with Gasteiger partial charge in [0.1, 0.15) is 5.82 Å². The molecule has 3 rings (SSSR count). The minimum atomic E-state index is 0.755. The van der Waals surface area contributed by atoms with E-state index in [9.17, 15) is 0 Å². The van der Waals surface area contributed by atoms with Crippen molar-refractivity contribution in [3.8, 4) is 0 Å². The highest BCUT2D eigenvalue weighted by atomic mass is 15.1. The van der Waals surface area contributed by atoms with Crippen molar-refractivity contribution in [1.29, 1.82) is 0 Å². The molecule has 3 heterocycles. The summed E-state index contributed by atoms with van der Waals surface area (Å²) in [6.07, 6.45) is 8.54. The van der Waals surface area contributed by atoms with Crippen LogP contribution in [-0.2, 0) is 13.0 Å². The van der Waals surface area contributed by atoms with Gasteiger partial charge in [-0.1, -0.05) is 0 Å². The van der Waals surface area contributed by atoms with Crippen LogP contribution in [0.2, 0.25) is 0 Å². The van der Waals surface area contributed by atoms with E-state index in [0.29, 0.717) is 0 Å². The fraction of sp³-hybridized carbons (Fsp3) is 0.750. The van der Waals surface area contributed by atoms with Gasteiger partial charge in [0, 0.05) is 30.8 Å². The number of aromatic nitrogens is 2. The van der Waals surface area contributed by atoms with E-state index >= 15 is 0 Å². The highest BCUT2D eigenvalue weighted by molar-refractivity contribution is 5.13. The van der Waals surface area contributed by atoms with E-state index in [-0.39, 0.29) is 0 Å². The molecule has 0 aromatic carbocycles. The van der Waals surface area contributed by atoms with Crippen LogP contribution < -0.4 is 5.32 Å². The second-order valence-electron chi connectivity index (χ2n) is 4.73. The number of nitrogens with one attached hydrogen (secondary N) is 1. The lowest BCUT2D eigenvalue weighted by molar-refractivity contribution is 0.422. The number of hydrogen-bond donors (Lipinski definition) is 1. The van der Waals surface area contributed by atoms with Crippen LogP contribution in [0.1, 0.15) is 43.1 Å². The van der Waals surface area contributed by atoms with Gasteiger partial charge < -0.3 is 9.88 Å². The van der Waals surface area contributed by atoms with E-state index < -0.39 is 0 Å². The number of nitrogens with zero attached hydrogens (tertiary/aromatic N) is 2. The van der Waals surface area contributed by atoms with E-state index in [1.54, 1.807) is 0 Å². The first-order valence-electron chi connectivity index (χ1n) is 6.20. The molecule has 2 aliphatic heterocycles. The molecule has 82 valence electrons. The smallest absolute Gasteiger partial charge is 0.108 e. The summed E-state index contributed by atoms with van der Waals surface area (Å²) >= 11 is 0. The molecule has 2 aliphatic rings. The zero-order valence-electron chi connectivity index (χ0n) is 9.21. The maximum Gasteiger partial charge on any atom is 0.108 e. The van der Waals surface area contributed by atoms with Gasteiger partial charge in [-0.3, -0.25) is 0 Å². The topological polar surface area (TPSA) is 29.9 Å². The van der Waals surface area contributed by atoms with Crippen LogP contribution in [0.4, 0.5) is 0 Å². The van der Waals surface area contributed by atoms with E-state index in [4.69, 9.17) is 0 Å². The average Bonchev–Trinajstić information content (AvgIpc) is 2.74. The molecule has 0 spiro atoms. The monoisotopic (exact) mass is 205 g/mol. The Bertz CT molecular complexity index is 337. The number of imidazole rings is 1. The Morgan fingerprint density at radius 1 is 1.27 bits per heavy atom. The van der Waals surface area contributed by atoms with Crippen LogP contribution >= 0.6 is 0 Å². The fourth-order valence-corrected chi connectivity index (χ4v) is 2.88. The molecule has 0 bridgehead atoms. The Morgan fingerprint density at radius 2 is 2.13 bits per heavy atom. The lowest BCUT2D eigenvalue weighted by atomic mass is 9.94. The molecule has 0 radical (unpaired) electrons. The number of fused-ring (bicyclic) bond motifs is 1.